The summed E-state index contributed by atoms with van der Waals surface area (Å²) >= 11 is 1.01. The van der Waals surface area contributed by atoms with Gasteiger partial charge >= 0.3 is 0 Å². The number of carbonyl (C=O) groups is 1. The lowest BCUT2D eigenvalue weighted by atomic mass is 10.2. The second-order valence-corrected chi connectivity index (χ2v) is 7.44. The molecule has 0 unspecified atom stereocenters. The summed E-state index contributed by atoms with van der Waals surface area (Å²) in [5.41, 5.74) is 0.830. The molecule has 1 amide bonds. The van der Waals surface area contributed by atoms with Gasteiger partial charge in [0.2, 0.25) is 5.91 Å². The van der Waals surface area contributed by atoms with Crippen LogP contribution in [0.1, 0.15) is 5.56 Å². The minimum absolute atomic E-state index is 0.0588. The normalized spacial score (nSPS) is 10.6. The second kappa shape index (κ2) is 8.81. The number of anilines is 1. The topological polar surface area (TPSA) is 87.8 Å². The SMILES string of the molecule is N#Cc1ccccc1NC(=O)CSc1nc2ccccc2c(=O)n1-c1ccccc1F. The molecule has 4 aromatic rings. The van der Waals surface area contributed by atoms with Gasteiger partial charge in [-0.1, -0.05) is 48.2 Å². The first-order valence-corrected chi connectivity index (χ1v) is 10.3. The Morgan fingerprint density at radius 3 is 2.58 bits per heavy atom. The van der Waals surface area contributed by atoms with Crippen molar-refractivity contribution in [3.8, 4) is 11.8 Å². The van der Waals surface area contributed by atoms with Crippen LogP contribution >= 0.6 is 11.8 Å². The largest absolute Gasteiger partial charge is 0.324 e. The van der Waals surface area contributed by atoms with Gasteiger partial charge in [0.05, 0.1) is 33.6 Å². The maximum atomic E-state index is 14.5. The minimum atomic E-state index is -0.573. The molecule has 0 bridgehead atoms. The molecule has 6 nitrogen and oxygen atoms in total. The zero-order chi connectivity index (χ0) is 21.8. The van der Waals surface area contributed by atoms with Crippen molar-refractivity contribution in [2.75, 3.05) is 11.1 Å². The number of benzene rings is 3. The van der Waals surface area contributed by atoms with Crippen molar-refractivity contribution in [3.63, 3.8) is 0 Å². The fourth-order valence-electron chi connectivity index (χ4n) is 3.06. The van der Waals surface area contributed by atoms with Gasteiger partial charge in [0, 0.05) is 0 Å². The zero-order valence-corrected chi connectivity index (χ0v) is 16.9. The van der Waals surface area contributed by atoms with Crippen LogP contribution in [0.25, 0.3) is 16.6 Å². The summed E-state index contributed by atoms with van der Waals surface area (Å²) in [4.78, 5) is 30.1. The lowest BCUT2D eigenvalue weighted by molar-refractivity contribution is -0.113. The fourth-order valence-corrected chi connectivity index (χ4v) is 3.87. The highest BCUT2D eigenvalue weighted by Crippen LogP contribution is 2.23. The quantitative estimate of drug-likeness (QED) is 0.380. The predicted octanol–water partition coefficient (Wildman–Crippen LogP) is 4.13. The van der Waals surface area contributed by atoms with Crippen LogP contribution < -0.4 is 10.9 Å². The third-order valence-corrected chi connectivity index (χ3v) is 5.43. The summed E-state index contributed by atoms with van der Waals surface area (Å²) in [6, 6.07) is 21.4. The highest BCUT2D eigenvalue weighted by atomic mass is 32.2. The van der Waals surface area contributed by atoms with E-state index >= 15 is 0 Å². The molecule has 31 heavy (non-hydrogen) atoms. The Hall–Kier alpha value is -3.96. The van der Waals surface area contributed by atoms with Crippen molar-refractivity contribution in [3.05, 3.63) is 94.5 Å². The van der Waals surface area contributed by atoms with E-state index in [0.717, 1.165) is 11.8 Å². The maximum Gasteiger partial charge on any atom is 0.266 e. The Balaban J connectivity index is 1.69. The number of fused-ring (bicyclic) bond motifs is 1. The van der Waals surface area contributed by atoms with E-state index in [1.54, 1.807) is 54.6 Å². The number of amides is 1. The molecule has 0 fully saturated rings. The molecule has 8 heteroatoms. The summed E-state index contributed by atoms with van der Waals surface area (Å²) in [6.45, 7) is 0. The molecular formula is C23H15FN4O2S. The number of halogens is 1. The van der Waals surface area contributed by atoms with Gasteiger partial charge in [-0.2, -0.15) is 5.26 Å². The third-order valence-electron chi connectivity index (χ3n) is 4.49. The Bertz CT molecular complexity index is 1390. The number of rotatable bonds is 5. The summed E-state index contributed by atoms with van der Waals surface area (Å²) < 4.78 is 15.7. The van der Waals surface area contributed by atoms with Gasteiger partial charge in [-0.15, -0.1) is 0 Å². The smallest absolute Gasteiger partial charge is 0.266 e. The lowest BCUT2D eigenvalue weighted by Gasteiger charge is -2.14. The van der Waals surface area contributed by atoms with Crippen LogP contribution in [0.4, 0.5) is 10.1 Å². The molecule has 0 aliphatic heterocycles. The third kappa shape index (κ3) is 4.17. The fraction of sp³-hybridized carbons (Fsp3) is 0.0435. The average Bonchev–Trinajstić information content (AvgIpc) is 2.79. The molecule has 0 saturated carbocycles. The predicted molar refractivity (Wildman–Crippen MR) is 118 cm³/mol. The molecular weight excluding hydrogens is 415 g/mol. The van der Waals surface area contributed by atoms with Crippen LogP contribution in [0.15, 0.2) is 82.7 Å². The van der Waals surface area contributed by atoms with E-state index < -0.39 is 11.4 Å². The number of hydrogen-bond donors (Lipinski definition) is 1. The van der Waals surface area contributed by atoms with Gasteiger partial charge in [-0.25, -0.2) is 9.37 Å². The van der Waals surface area contributed by atoms with Crippen LogP contribution in [0.3, 0.4) is 0 Å². The first kappa shape index (κ1) is 20.3. The lowest BCUT2D eigenvalue weighted by Crippen LogP contribution is -2.23. The molecule has 0 atom stereocenters. The Morgan fingerprint density at radius 1 is 1.06 bits per heavy atom. The Labute approximate surface area is 181 Å². The summed E-state index contributed by atoms with van der Waals surface area (Å²) in [5, 5.41) is 12.4. The van der Waals surface area contributed by atoms with Gasteiger partial charge in [0.1, 0.15) is 11.9 Å². The Morgan fingerprint density at radius 2 is 1.77 bits per heavy atom. The highest BCUT2D eigenvalue weighted by Gasteiger charge is 2.17. The Kier molecular flexibility index (Phi) is 5.78. The van der Waals surface area contributed by atoms with Crippen molar-refractivity contribution in [1.29, 1.82) is 5.26 Å². The molecule has 0 aliphatic carbocycles. The van der Waals surface area contributed by atoms with E-state index in [9.17, 15) is 14.0 Å². The minimum Gasteiger partial charge on any atom is -0.324 e. The van der Waals surface area contributed by atoms with E-state index in [4.69, 9.17) is 5.26 Å². The van der Waals surface area contributed by atoms with Crippen molar-refractivity contribution in [2.24, 2.45) is 0 Å². The molecule has 1 heterocycles. The summed E-state index contributed by atoms with van der Waals surface area (Å²) in [5.74, 6) is -1.04. The zero-order valence-electron chi connectivity index (χ0n) is 16.1. The van der Waals surface area contributed by atoms with E-state index in [1.165, 1.54) is 22.8 Å². The van der Waals surface area contributed by atoms with Gasteiger partial charge in [-0.3, -0.25) is 14.2 Å². The number of hydrogen-bond acceptors (Lipinski definition) is 5. The van der Waals surface area contributed by atoms with Crippen LogP contribution in [0.2, 0.25) is 0 Å². The number of nitrogens with zero attached hydrogens (tertiary/aromatic N) is 3. The average molecular weight is 430 g/mol. The van der Waals surface area contributed by atoms with Gasteiger partial charge in [-0.05, 0) is 36.4 Å². The number of carbonyl (C=O) groups excluding carboxylic acids is 1. The number of aromatic nitrogens is 2. The van der Waals surface area contributed by atoms with E-state index in [0.29, 0.717) is 22.2 Å². The maximum absolute atomic E-state index is 14.5. The molecule has 0 spiro atoms. The van der Waals surface area contributed by atoms with Crippen LogP contribution in [-0.2, 0) is 4.79 Å². The van der Waals surface area contributed by atoms with Gasteiger partial charge in [0.15, 0.2) is 5.16 Å². The first-order valence-electron chi connectivity index (χ1n) is 9.27. The molecule has 0 aliphatic rings. The van der Waals surface area contributed by atoms with Gasteiger partial charge in [0.25, 0.3) is 5.56 Å². The van der Waals surface area contributed by atoms with E-state index in [1.807, 2.05) is 6.07 Å². The van der Waals surface area contributed by atoms with E-state index in [2.05, 4.69) is 10.3 Å². The highest BCUT2D eigenvalue weighted by molar-refractivity contribution is 7.99. The standard InChI is InChI=1S/C23H15FN4O2S/c24-17-9-3-6-12-20(17)28-22(30)16-8-2-5-11-19(16)27-23(28)31-14-21(29)26-18-10-4-1-7-15(18)13-25/h1-12H,14H2,(H,26,29). The van der Waals surface area contributed by atoms with Crippen molar-refractivity contribution in [1.82, 2.24) is 9.55 Å². The molecule has 1 N–H and O–H groups in total. The number of thioether (sulfide) groups is 1. The van der Waals surface area contributed by atoms with Crippen LogP contribution in [-0.4, -0.2) is 21.2 Å². The van der Waals surface area contributed by atoms with Crippen LogP contribution in [0, 0.1) is 17.1 Å². The van der Waals surface area contributed by atoms with Crippen molar-refractivity contribution >= 4 is 34.3 Å². The number of nitrogens with one attached hydrogen (secondary N) is 1. The molecule has 0 saturated heterocycles. The van der Waals surface area contributed by atoms with Gasteiger partial charge < -0.3 is 5.32 Å². The summed E-state index contributed by atoms with van der Waals surface area (Å²) in [7, 11) is 0. The monoisotopic (exact) mass is 430 g/mol. The molecule has 0 radical (unpaired) electrons. The van der Waals surface area contributed by atoms with Crippen LogP contribution in [0.5, 0.6) is 0 Å². The van der Waals surface area contributed by atoms with Crippen molar-refractivity contribution in [2.45, 2.75) is 5.16 Å². The molecule has 1 aromatic heterocycles. The molecule has 3 aromatic carbocycles. The van der Waals surface area contributed by atoms with Crippen molar-refractivity contribution < 1.29 is 9.18 Å². The summed E-state index contributed by atoms with van der Waals surface area (Å²) in [6.07, 6.45) is 0. The molecule has 4 rings (SSSR count). The number of para-hydroxylation sites is 3. The first-order chi connectivity index (χ1) is 15.1. The number of nitriles is 1. The molecule has 152 valence electrons. The second-order valence-electron chi connectivity index (χ2n) is 6.50. The van der Waals surface area contributed by atoms with E-state index in [-0.39, 0.29) is 22.5 Å².